The van der Waals surface area contributed by atoms with Gasteiger partial charge >= 0.3 is 0 Å². The first-order chi connectivity index (χ1) is 24.8. The van der Waals surface area contributed by atoms with Crippen LogP contribution in [0.15, 0.2) is 36.4 Å². The fourth-order valence-electron chi connectivity index (χ4n) is 9.75. The first-order valence-electron chi connectivity index (χ1n) is 20.0. The molecule has 0 atom stereocenters. The Morgan fingerprint density at radius 1 is 0.647 bits per heavy atom. The lowest BCUT2D eigenvalue weighted by Gasteiger charge is -2.33. The first kappa shape index (κ1) is 34.5. The van der Waals surface area contributed by atoms with Crippen LogP contribution < -0.4 is 5.32 Å². The number of aryl methyl sites for hydroxylation is 2. The summed E-state index contributed by atoms with van der Waals surface area (Å²) in [6.45, 7) is 12.3. The highest BCUT2D eigenvalue weighted by atomic mass is 16.2. The average Bonchev–Trinajstić information content (AvgIpc) is 3.88. The Bertz CT molecular complexity index is 1920. The third kappa shape index (κ3) is 6.63. The van der Waals surface area contributed by atoms with E-state index in [4.69, 9.17) is 0 Å². The molecule has 0 bridgehead atoms. The van der Waals surface area contributed by atoms with Gasteiger partial charge in [0, 0.05) is 130 Å². The van der Waals surface area contributed by atoms with E-state index < -0.39 is 0 Å². The van der Waals surface area contributed by atoms with Crippen LogP contribution in [0.1, 0.15) is 108 Å². The molecular formula is C43H58N6O2. The molecule has 2 amide bonds. The van der Waals surface area contributed by atoms with Gasteiger partial charge in [0.2, 0.25) is 0 Å². The van der Waals surface area contributed by atoms with Crippen molar-refractivity contribution in [2.45, 2.75) is 97.2 Å². The molecule has 1 saturated carbocycles. The number of carbonyl (C=O) groups is 2. The lowest BCUT2D eigenvalue weighted by atomic mass is 9.98. The zero-order valence-electron chi connectivity index (χ0n) is 31.5. The van der Waals surface area contributed by atoms with E-state index in [1.165, 1.54) is 76.5 Å². The number of hydrogen-bond donors (Lipinski definition) is 1. The largest absolute Gasteiger partial charge is 0.347 e. The standard InChI is InChI=1S/C24H33N3O.C19H25N3O/c1-17-9-12-26(13-10-17)24(28)18-7-8-22-20(15-18)21-16-27(19-5-3-4-6-19)14-11-23(21)25(22)2;1-13-6-9-22(10-7-13)19(23)14-3-4-17-15(11-14)16-12-20-8-5-18(16)21(17)2/h7-8,15,17,19H,3-6,9-14,16H2,1-2H3;3-4,11,13,20H,5-10,12H2,1-2H3. The van der Waals surface area contributed by atoms with Gasteiger partial charge in [-0.1, -0.05) is 26.7 Å². The second-order valence-corrected chi connectivity index (χ2v) is 16.5. The number of piperidine rings is 2. The SMILES string of the molecule is CC1CCN(C(=O)c2ccc3c(c2)c2c(n3C)CCN(C3CCCC3)C2)CC1.CC1CCN(C(=O)c2ccc3c(c2)c2c(n3C)CCNC2)CC1. The van der Waals surface area contributed by atoms with Crippen LogP contribution >= 0.6 is 0 Å². The van der Waals surface area contributed by atoms with Crippen molar-refractivity contribution in [2.75, 3.05) is 39.3 Å². The quantitative estimate of drug-likeness (QED) is 0.251. The number of benzene rings is 2. The molecule has 8 nitrogen and oxygen atoms in total. The molecule has 1 aliphatic carbocycles. The molecule has 2 aromatic carbocycles. The third-order valence-electron chi connectivity index (χ3n) is 13.2. The predicted octanol–water partition coefficient (Wildman–Crippen LogP) is 7.05. The Morgan fingerprint density at radius 2 is 1.16 bits per heavy atom. The van der Waals surface area contributed by atoms with Gasteiger partial charge in [-0.15, -0.1) is 0 Å². The Kier molecular flexibility index (Phi) is 9.75. The maximum absolute atomic E-state index is 13.1. The smallest absolute Gasteiger partial charge is 0.253 e. The van der Waals surface area contributed by atoms with Gasteiger partial charge in [0.15, 0.2) is 0 Å². The summed E-state index contributed by atoms with van der Waals surface area (Å²) in [7, 11) is 4.33. The molecule has 6 heterocycles. The summed E-state index contributed by atoms with van der Waals surface area (Å²) in [5.41, 5.74) is 9.95. The number of nitrogens with zero attached hydrogens (tertiary/aromatic N) is 5. The summed E-state index contributed by atoms with van der Waals surface area (Å²) in [5.74, 6) is 1.90. The van der Waals surface area contributed by atoms with Crippen LogP contribution in [0, 0.1) is 11.8 Å². The maximum Gasteiger partial charge on any atom is 0.253 e. The molecule has 1 N–H and O–H groups in total. The lowest BCUT2D eigenvalue weighted by molar-refractivity contribution is 0.0689. The van der Waals surface area contributed by atoms with E-state index in [9.17, 15) is 9.59 Å². The van der Waals surface area contributed by atoms with Gasteiger partial charge in [0.05, 0.1) is 0 Å². The van der Waals surface area contributed by atoms with Crippen molar-refractivity contribution < 1.29 is 9.59 Å². The lowest BCUT2D eigenvalue weighted by Crippen LogP contribution is -2.38. The van der Waals surface area contributed by atoms with E-state index in [2.05, 4.69) is 76.5 Å². The summed E-state index contributed by atoms with van der Waals surface area (Å²) >= 11 is 0. The number of nitrogens with one attached hydrogen (secondary N) is 1. The van der Waals surface area contributed by atoms with Gasteiger partial charge < -0.3 is 24.3 Å². The molecule has 272 valence electrons. The number of carbonyl (C=O) groups excluding carboxylic acids is 2. The number of amides is 2. The van der Waals surface area contributed by atoms with E-state index >= 15 is 0 Å². The number of aromatic nitrogens is 2. The molecule has 9 rings (SSSR count). The number of fused-ring (bicyclic) bond motifs is 6. The second-order valence-electron chi connectivity index (χ2n) is 16.5. The normalized spacial score (nSPS) is 20.8. The van der Waals surface area contributed by atoms with Crippen molar-refractivity contribution in [1.29, 1.82) is 0 Å². The van der Waals surface area contributed by atoms with Gasteiger partial charge in [0.25, 0.3) is 11.8 Å². The molecule has 3 fully saturated rings. The van der Waals surface area contributed by atoms with Crippen molar-refractivity contribution in [3.63, 3.8) is 0 Å². The minimum atomic E-state index is 0.195. The highest BCUT2D eigenvalue weighted by Crippen LogP contribution is 2.35. The molecule has 0 unspecified atom stereocenters. The minimum Gasteiger partial charge on any atom is -0.347 e. The van der Waals surface area contributed by atoms with Crippen molar-refractivity contribution >= 4 is 33.6 Å². The first-order valence-corrected chi connectivity index (χ1v) is 20.0. The maximum atomic E-state index is 13.1. The Labute approximate surface area is 304 Å². The van der Waals surface area contributed by atoms with Crippen molar-refractivity contribution in [1.82, 2.24) is 29.2 Å². The highest BCUT2D eigenvalue weighted by Gasteiger charge is 2.30. The zero-order chi connectivity index (χ0) is 35.2. The van der Waals surface area contributed by atoms with Gasteiger partial charge in [-0.05, 0) is 97.9 Å². The Hall–Kier alpha value is -3.62. The fourth-order valence-corrected chi connectivity index (χ4v) is 9.75. The molecule has 8 heteroatoms. The van der Waals surface area contributed by atoms with E-state index in [1.807, 2.05) is 17.0 Å². The minimum absolute atomic E-state index is 0.195. The zero-order valence-corrected chi connectivity index (χ0v) is 31.5. The molecule has 2 saturated heterocycles. The van der Waals surface area contributed by atoms with Gasteiger partial charge in [-0.25, -0.2) is 0 Å². The van der Waals surface area contributed by atoms with Gasteiger partial charge in [-0.2, -0.15) is 0 Å². The molecule has 0 radical (unpaired) electrons. The summed E-state index contributed by atoms with van der Waals surface area (Å²) in [4.78, 5) is 32.7. The van der Waals surface area contributed by atoms with E-state index in [-0.39, 0.29) is 11.8 Å². The molecule has 5 aliphatic rings. The van der Waals surface area contributed by atoms with Crippen LogP contribution in [0.3, 0.4) is 0 Å². The van der Waals surface area contributed by atoms with E-state index in [1.54, 1.807) is 0 Å². The number of likely N-dealkylation sites (tertiary alicyclic amines) is 2. The Morgan fingerprint density at radius 3 is 1.71 bits per heavy atom. The third-order valence-corrected chi connectivity index (χ3v) is 13.2. The van der Waals surface area contributed by atoms with Crippen molar-refractivity contribution in [3.8, 4) is 0 Å². The summed E-state index contributed by atoms with van der Waals surface area (Å²) < 4.78 is 4.66. The van der Waals surface area contributed by atoms with E-state index in [0.717, 1.165) is 113 Å². The van der Waals surface area contributed by atoms with Crippen molar-refractivity contribution in [3.05, 3.63) is 70.0 Å². The van der Waals surface area contributed by atoms with Crippen LogP contribution in [0.4, 0.5) is 0 Å². The van der Waals surface area contributed by atoms with Gasteiger partial charge in [-0.3, -0.25) is 14.5 Å². The van der Waals surface area contributed by atoms with Gasteiger partial charge in [0.1, 0.15) is 0 Å². The molecule has 4 aliphatic heterocycles. The van der Waals surface area contributed by atoms with Crippen LogP contribution in [-0.4, -0.2) is 81.0 Å². The topological polar surface area (TPSA) is 65.8 Å². The molecule has 2 aromatic heterocycles. The molecule has 4 aromatic rings. The average molecular weight is 691 g/mol. The monoisotopic (exact) mass is 690 g/mol. The predicted molar refractivity (Wildman–Crippen MR) is 206 cm³/mol. The van der Waals surface area contributed by atoms with Crippen LogP contribution in [0.25, 0.3) is 21.8 Å². The Balaban J connectivity index is 0.000000150. The van der Waals surface area contributed by atoms with Crippen molar-refractivity contribution in [2.24, 2.45) is 25.9 Å². The molecule has 51 heavy (non-hydrogen) atoms. The molecular weight excluding hydrogens is 633 g/mol. The summed E-state index contributed by atoms with van der Waals surface area (Å²) in [6.07, 6.45) is 12.2. The molecule has 0 spiro atoms. The second kappa shape index (κ2) is 14.4. The summed E-state index contributed by atoms with van der Waals surface area (Å²) in [6, 6.07) is 13.4. The van der Waals surface area contributed by atoms with E-state index in [0.29, 0.717) is 0 Å². The number of rotatable bonds is 3. The summed E-state index contributed by atoms with van der Waals surface area (Å²) in [5, 5.41) is 6.00. The highest BCUT2D eigenvalue weighted by molar-refractivity contribution is 6.00. The fraction of sp³-hybridized carbons (Fsp3) is 0.581. The number of hydrogen-bond acceptors (Lipinski definition) is 4. The van der Waals surface area contributed by atoms with Crippen LogP contribution in [0.5, 0.6) is 0 Å². The van der Waals surface area contributed by atoms with Crippen LogP contribution in [-0.2, 0) is 40.0 Å². The van der Waals surface area contributed by atoms with Crippen LogP contribution in [0.2, 0.25) is 0 Å².